The van der Waals surface area contributed by atoms with Gasteiger partial charge in [-0.1, -0.05) is 35.9 Å². The van der Waals surface area contributed by atoms with E-state index in [1.165, 1.54) is 0 Å². The van der Waals surface area contributed by atoms with Crippen molar-refractivity contribution in [2.24, 2.45) is 5.73 Å². The lowest BCUT2D eigenvalue weighted by molar-refractivity contribution is 0.100. The molecule has 3 rings (SSSR count). The van der Waals surface area contributed by atoms with Crippen molar-refractivity contribution in [3.05, 3.63) is 70.4 Å². The second kappa shape index (κ2) is 7.72. The molecule has 6 heteroatoms. The maximum absolute atomic E-state index is 11.7. The molecule has 0 saturated carbocycles. The summed E-state index contributed by atoms with van der Waals surface area (Å²) < 4.78 is 0. The van der Waals surface area contributed by atoms with E-state index in [-0.39, 0.29) is 6.04 Å². The van der Waals surface area contributed by atoms with Crippen LogP contribution in [-0.2, 0) is 0 Å². The Morgan fingerprint density at radius 1 is 1.27 bits per heavy atom. The average molecular weight is 369 g/mol. The molecule has 0 aliphatic rings. The molecule has 4 N–H and O–H groups in total. The van der Waals surface area contributed by atoms with Gasteiger partial charge in [0.15, 0.2) is 0 Å². The topological polar surface area (TPSA) is 80.0 Å². The number of halogens is 1. The lowest BCUT2D eigenvalue weighted by Gasteiger charge is -2.23. The van der Waals surface area contributed by atoms with Crippen LogP contribution < -0.4 is 16.4 Å². The van der Waals surface area contributed by atoms with Gasteiger partial charge in [-0.25, -0.2) is 0 Å². The molecule has 134 valence electrons. The number of carbonyl (C=O) groups is 1. The number of para-hydroxylation sites is 1. The molecule has 1 aromatic heterocycles. The number of aromatic nitrogens is 1. The molecule has 0 bridgehead atoms. The lowest BCUT2D eigenvalue weighted by Crippen LogP contribution is -2.24. The number of benzene rings is 2. The van der Waals surface area contributed by atoms with Gasteiger partial charge in [-0.15, -0.1) is 0 Å². The van der Waals surface area contributed by atoms with Crippen LogP contribution in [-0.4, -0.2) is 24.5 Å². The number of nitrogens with zero attached hydrogens (tertiary/aromatic N) is 1. The van der Waals surface area contributed by atoms with Crippen molar-refractivity contribution in [3.63, 3.8) is 0 Å². The summed E-state index contributed by atoms with van der Waals surface area (Å²) in [6.45, 7) is 2.69. The molecule has 1 unspecified atom stereocenters. The Morgan fingerprint density at radius 3 is 2.73 bits per heavy atom. The highest BCUT2D eigenvalue weighted by molar-refractivity contribution is 6.30. The van der Waals surface area contributed by atoms with E-state index in [0.717, 1.165) is 22.2 Å². The molecular weight excluding hydrogens is 348 g/mol. The van der Waals surface area contributed by atoms with E-state index < -0.39 is 5.91 Å². The van der Waals surface area contributed by atoms with Gasteiger partial charge in [-0.2, -0.15) is 0 Å². The van der Waals surface area contributed by atoms with E-state index in [2.05, 4.69) is 15.6 Å². The summed E-state index contributed by atoms with van der Waals surface area (Å²) in [5.74, 6) is -0.487. The van der Waals surface area contributed by atoms with Crippen LogP contribution in [0.3, 0.4) is 0 Å². The third-order valence-corrected chi connectivity index (χ3v) is 4.57. The molecule has 3 aromatic rings. The van der Waals surface area contributed by atoms with Crippen molar-refractivity contribution >= 4 is 34.1 Å². The SMILES string of the molecule is CNCC(Nc1c(C)cnc2c(C(N)=O)cccc12)c1cccc(Cl)c1. The highest BCUT2D eigenvalue weighted by atomic mass is 35.5. The molecule has 0 aliphatic heterocycles. The van der Waals surface area contributed by atoms with Crippen LogP contribution in [0.5, 0.6) is 0 Å². The first-order chi connectivity index (χ1) is 12.5. The summed E-state index contributed by atoms with van der Waals surface area (Å²) >= 11 is 6.16. The Hall–Kier alpha value is -2.63. The molecule has 1 atom stereocenters. The van der Waals surface area contributed by atoms with Gasteiger partial charge < -0.3 is 16.4 Å². The Morgan fingerprint density at radius 2 is 2.04 bits per heavy atom. The number of aryl methyl sites for hydroxylation is 1. The largest absolute Gasteiger partial charge is 0.376 e. The number of pyridine rings is 1. The third kappa shape index (κ3) is 3.64. The molecule has 0 spiro atoms. The number of fused-ring (bicyclic) bond motifs is 1. The zero-order valence-corrected chi connectivity index (χ0v) is 15.5. The maximum atomic E-state index is 11.7. The molecule has 5 nitrogen and oxygen atoms in total. The molecule has 2 aromatic carbocycles. The third-order valence-electron chi connectivity index (χ3n) is 4.33. The predicted molar refractivity (Wildman–Crippen MR) is 107 cm³/mol. The van der Waals surface area contributed by atoms with E-state index in [4.69, 9.17) is 17.3 Å². The van der Waals surface area contributed by atoms with Gasteiger partial charge >= 0.3 is 0 Å². The predicted octanol–water partition coefficient (Wildman–Crippen LogP) is 3.67. The zero-order chi connectivity index (χ0) is 18.7. The summed E-state index contributed by atoms with van der Waals surface area (Å²) in [5.41, 5.74) is 9.50. The van der Waals surface area contributed by atoms with Crippen molar-refractivity contribution in [3.8, 4) is 0 Å². The van der Waals surface area contributed by atoms with Crippen LogP contribution in [0, 0.1) is 6.92 Å². The molecule has 1 heterocycles. The van der Waals surface area contributed by atoms with Gasteiger partial charge in [0, 0.05) is 28.8 Å². The number of likely N-dealkylation sites (N-methyl/N-ethyl adjacent to an activating group) is 1. The Bertz CT molecular complexity index is 958. The van der Waals surface area contributed by atoms with Crippen molar-refractivity contribution in [1.29, 1.82) is 0 Å². The summed E-state index contributed by atoms with van der Waals surface area (Å²) in [6, 6.07) is 13.2. The van der Waals surface area contributed by atoms with E-state index >= 15 is 0 Å². The minimum atomic E-state index is -0.487. The fourth-order valence-corrected chi connectivity index (χ4v) is 3.27. The smallest absolute Gasteiger partial charge is 0.250 e. The van der Waals surface area contributed by atoms with Crippen LogP contribution in [0.4, 0.5) is 5.69 Å². The summed E-state index contributed by atoms with van der Waals surface area (Å²) in [7, 11) is 1.90. The van der Waals surface area contributed by atoms with Gasteiger partial charge in [0.25, 0.3) is 5.91 Å². The summed E-state index contributed by atoms with van der Waals surface area (Å²) in [4.78, 5) is 16.2. The first kappa shape index (κ1) is 18.2. The fourth-order valence-electron chi connectivity index (χ4n) is 3.07. The van der Waals surface area contributed by atoms with Gasteiger partial charge in [0.05, 0.1) is 17.1 Å². The van der Waals surface area contributed by atoms with E-state index in [9.17, 15) is 4.79 Å². The molecule has 0 fully saturated rings. The fraction of sp³-hybridized carbons (Fsp3) is 0.200. The number of rotatable bonds is 6. The second-order valence-corrected chi connectivity index (χ2v) is 6.63. The first-order valence-electron chi connectivity index (χ1n) is 8.36. The molecular formula is C20H21ClN4O. The number of hydrogen-bond donors (Lipinski definition) is 3. The standard InChI is InChI=1S/C20H21ClN4O/c1-12-10-24-19-15(7-4-8-16(19)20(22)26)18(12)25-17(11-23-2)13-5-3-6-14(21)9-13/h3-10,17,23H,11H2,1-2H3,(H2,22,26)(H,24,25). The molecule has 1 amide bonds. The van der Waals surface area contributed by atoms with Crippen molar-refractivity contribution in [2.45, 2.75) is 13.0 Å². The monoisotopic (exact) mass is 368 g/mol. The van der Waals surface area contributed by atoms with E-state index in [1.807, 2.05) is 50.4 Å². The number of nitrogens with one attached hydrogen (secondary N) is 2. The Kier molecular flexibility index (Phi) is 5.40. The molecule has 0 aliphatic carbocycles. The minimum absolute atomic E-state index is 0.000217. The number of nitrogens with two attached hydrogens (primary N) is 1. The lowest BCUT2D eigenvalue weighted by atomic mass is 10.0. The van der Waals surface area contributed by atoms with Crippen LogP contribution in [0.15, 0.2) is 48.7 Å². The number of amides is 1. The van der Waals surface area contributed by atoms with Crippen LogP contribution in [0.1, 0.15) is 27.5 Å². The average Bonchev–Trinajstić information content (AvgIpc) is 2.62. The number of primary amides is 1. The van der Waals surface area contributed by atoms with Gasteiger partial charge in [-0.3, -0.25) is 9.78 Å². The summed E-state index contributed by atoms with van der Waals surface area (Å²) in [6.07, 6.45) is 1.76. The number of anilines is 1. The van der Waals surface area contributed by atoms with Crippen molar-refractivity contribution in [2.75, 3.05) is 18.9 Å². The highest BCUT2D eigenvalue weighted by Crippen LogP contribution is 2.31. The van der Waals surface area contributed by atoms with E-state index in [0.29, 0.717) is 22.6 Å². The normalized spacial score (nSPS) is 12.1. The van der Waals surface area contributed by atoms with Crippen LogP contribution in [0.25, 0.3) is 10.9 Å². The first-order valence-corrected chi connectivity index (χ1v) is 8.73. The maximum Gasteiger partial charge on any atom is 0.250 e. The molecule has 26 heavy (non-hydrogen) atoms. The Balaban J connectivity index is 2.10. The minimum Gasteiger partial charge on any atom is -0.376 e. The zero-order valence-electron chi connectivity index (χ0n) is 14.7. The molecule has 0 radical (unpaired) electrons. The highest BCUT2D eigenvalue weighted by Gasteiger charge is 2.17. The van der Waals surface area contributed by atoms with Gasteiger partial charge in [0.2, 0.25) is 0 Å². The molecule has 0 saturated heterocycles. The van der Waals surface area contributed by atoms with Gasteiger partial charge in [-0.05, 0) is 43.3 Å². The quantitative estimate of drug-likeness (QED) is 0.620. The Labute approximate surface area is 157 Å². The van der Waals surface area contributed by atoms with Gasteiger partial charge in [0.1, 0.15) is 0 Å². The van der Waals surface area contributed by atoms with Crippen LogP contribution in [0.2, 0.25) is 5.02 Å². The summed E-state index contributed by atoms with van der Waals surface area (Å²) in [5, 5.41) is 8.35. The number of carbonyl (C=O) groups excluding carboxylic acids is 1. The van der Waals surface area contributed by atoms with Crippen molar-refractivity contribution in [1.82, 2.24) is 10.3 Å². The van der Waals surface area contributed by atoms with E-state index in [1.54, 1.807) is 12.3 Å². The number of hydrogen-bond acceptors (Lipinski definition) is 4. The second-order valence-electron chi connectivity index (χ2n) is 6.19. The van der Waals surface area contributed by atoms with Crippen LogP contribution >= 0.6 is 11.6 Å². The van der Waals surface area contributed by atoms with Crippen molar-refractivity contribution < 1.29 is 4.79 Å².